The number of ether oxygens (including phenoxy) is 1. The molecule has 0 spiro atoms. The standard InChI is InChI=1S/C23H23N3O3S/c27-16(13-28-21-11-5-7-15-6-1-2-8-17(15)21)14-30-23-26-25-22(29-23)19-12-24-20-10-4-3-9-18(19)20/h1-4,6,8-10,12,16,21,24,27H,5,7,11,13-14H2/t16-,21-/m0/s1. The number of hydrogen-bond donors (Lipinski definition) is 2. The van der Waals surface area contributed by atoms with Crippen LogP contribution in [0, 0.1) is 0 Å². The molecule has 0 fully saturated rings. The second-order valence-corrected chi connectivity index (χ2v) is 8.47. The Bertz CT molecular complexity index is 1140. The van der Waals surface area contributed by atoms with Crippen molar-refractivity contribution in [3.05, 3.63) is 65.9 Å². The van der Waals surface area contributed by atoms with E-state index < -0.39 is 6.10 Å². The molecule has 7 heteroatoms. The van der Waals surface area contributed by atoms with Gasteiger partial charge in [0.1, 0.15) is 0 Å². The average molecular weight is 422 g/mol. The normalized spacial score (nSPS) is 17.2. The van der Waals surface area contributed by atoms with E-state index in [1.54, 1.807) is 0 Å². The molecule has 6 nitrogen and oxygen atoms in total. The van der Waals surface area contributed by atoms with Crippen LogP contribution in [0.4, 0.5) is 0 Å². The monoisotopic (exact) mass is 421 g/mol. The first-order valence-corrected chi connectivity index (χ1v) is 11.2. The number of aryl methyl sites for hydroxylation is 1. The van der Waals surface area contributed by atoms with E-state index in [0.29, 0.717) is 16.9 Å². The first-order chi connectivity index (χ1) is 14.8. The summed E-state index contributed by atoms with van der Waals surface area (Å²) in [6, 6.07) is 16.4. The third-order valence-electron chi connectivity index (χ3n) is 5.43. The number of rotatable bonds is 7. The smallest absolute Gasteiger partial charge is 0.276 e. The Morgan fingerprint density at radius 3 is 3.00 bits per heavy atom. The Balaban J connectivity index is 1.16. The van der Waals surface area contributed by atoms with E-state index in [4.69, 9.17) is 9.15 Å². The molecule has 0 aliphatic heterocycles. The molecule has 154 valence electrons. The van der Waals surface area contributed by atoms with Gasteiger partial charge in [-0.15, -0.1) is 10.2 Å². The predicted octanol–water partition coefficient (Wildman–Crippen LogP) is 4.77. The predicted molar refractivity (Wildman–Crippen MR) is 116 cm³/mol. The van der Waals surface area contributed by atoms with Crippen LogP contribution >= 0.6 is 11.8 Å². The number of hydrogen-bond acceptors (Lipinski definition) is 6. The number of nitrogens with zero attached hydrogens (tertiary/aromatic N) is 2. The summed E-state index contributed by atoms with van der Waals surface area (Å²) < 4.78 is 11.8. The molecule has 0 saturated heterocycles. The molecule has 2 N–H and O–H groups in total. The zero-order valence-electron chi connectivity index (χ0n) is 16.5. The van der Waals surface area contributed by atoms with E-state index in [1.807, 2.05) is 36.5 Å². The molecule has 5 rings (SSSR count). The van der Waals surface area contributed by atoms with Crippen LogP contribution in [0.1, 0.15) is 30.1 Å². The third-order valence-corrected chi connectivity index (χ3v) is 6.39. The van der Waals surface area contributed by atoms with Crippen molar-refractivity contribution in [2.24, 2.45) is 0 Å². The van der Waals surface area contributed by atoms with Gasteiger partial charge < -0.3 is 19.2 Å². The van der Waals surface area contributed by atoms with Crippen LogP contribution < -0.4 is 0 Å². The van der Waals surface area contributed by atoms with Crippen LogP contribution in [0.15, 0.2) is 64.4 Å². The molecule has 0 radical (unpaired) electrons. The summed E-state index contributed by atoms with van der Waals surface area (Å²) in [6.07, 6.45) is 4.54. The lowest BCUT2D eigenvalue weighted by Gasteiger charge is -2.26. The SMILES string of the molecule is O[C@@H](CO[C@H]1CCCc2ccccc21)CSc1nnc(-c2c[nH]c3ccccc23)o1. The fourth-order valence-corrected chi connectivity index (χ4v) is 4.62. The summed E-state index contributed by atoms with van der Waals surface area (Å²) in [5, 5.41) is 20.1. The maximum absolute atomic E-state index is 10.4. The van der Waals surface area contributed by atoms with Gasteiger partial charge in [0.2, 0.25) is 0 Å². The van der Waals surface area contributed by atoms with Gasteiger partial charge in [0, 0.05) is 22.9 Å². The van der Waals surface area contributed by atoms with Crippen LogP contribution in [-0.2, 0) is 11.2 Å². The molecule has 1 aliphatic rings. The number of nitrogens with one attached hydrogen (secondary N) is 1. The molecule has 0 amide bonds. The maximum Gasteiger partial charge on any atom is 0.276 e. The lowest BCUT2D eigenvalue weighted by Crippen LogP contribution is -2.22. The number of aromatic amines is 1. The Labute approximate surface area is 178 Å². The molecule has 1 aliphatic carbocycles. The molecule has 2 heterocycles. The fraction of sp³-hybridized carbons (Fsp3) is 0.304. The van der Waals surface area contributed by atoms with E-state index in [1.165, 1.54) is 22.9 Å². The molecule has 2 atom stereocenters. The highest BCUT2D eigenvalue weighted by molar-refractivity contribution is 7.99. The summed E-state index contributed by atoms with van der Waals surface area (Å²) in [5.74, 6) is 0.906. The van der Waals surface area contributed by atoms with Crippen molar-refractivity contribution in [3.63, 3.8) is 0 Å². The van der Waals surface area contributed by atoms with Gasteiger partial charge in [-0.2, -0.15) is 0 Å². The topological polar surface area (TPSA) is 84.2 Å². The van der Waals surface area contributed by atoms with Gasteiger partial charge >= 0.3 is 0 Å². The van der Waals surface area contributed by atoms with E-state index >= 15 is 0 Å². The number of benzene rings is 2. The highest BCUT2D eigenvalue weighted by Crippen LogP contribution is 2.33. The lowest BCUT2D eigenvalue weighted by atomic mass is 9.89. The molecule has 0 saturated carbocycles. The maximum atomic E-state index is 10.4. The highest BCUT2D eigenvalue weighted by Gasteiger charge is 2.21. The van der Waals surface area contributed by atoms with Crippen molar-refractivity contribution in [3.8, 4) is 11.5 Å². The lowest BCUT2D eigenvalue weighted by molar-refractivity contribution is -0.00963. The summed E-state index contributed by atoms with van der Waals surface area (Å²) in [4.78, 5) is 3.21. The summed E-state index contributed by atoms with van der Waals surface area (Å²) in [6.45, 7) is 0.287. The van der Waals surface area contributed by atoms with Gasteiger partial charge in [-0.25, -0.2) is 0 Å². The van der Waals surface area contributed by atoms with Crippen molar-refractivity contribution in [1.29, 1.82) is 0 Å². The molecular formula is C23H23N3O3S. The second-order valence-electron chi connectivity index (χ2n) is 7.50. The van der Waals surface area contributed by atoms with Crippen molar-refractivity contribution >= 4 is 22.7 Å². The van der Waals surface area contributed by atoms with Gasteiger partial charge in [0.05, 0.1) is 24.4 Å². The van der Waals surface area contributed by atoms with Crippen LogP contribution in [0.5, 0.6) is 0 Å². The van der Waals surface area contributed by atoms with Crippen molar-refractivity contribution < 1.29 is 14.3 Å². The Morgan fingerprint density at radius 2 is 2.03 bits per heavy atom. The number of fused-ring (bicyclic) bond motifs is 2. The Morgan fingerprint density at radius 1 is 1.17 bits per heavy atom. The quantitative estimate of drug-likeness (QED) is 0.418. The average Bonchev–Trinajstić information content (AvgIpc) is 3.43. The van der Waals surface area contributed by atoms with Gasteiger partial charge in [0.15, 0.2) is 0 Å². The van der Waals surface area contributed by atoms with Gasteiger partial charge in [-0.3, -0.25) is 0 Å². The van der Waals surface area contributed by atoms with Crippen molar-refractivity contribution in [2.75, 3.05) is 12.4 Å². The van der Waals surface area contributed by atoms with E-state index in [0.717, 1.165) is 35.7 Å². The number of aliphatic hydroxyl groups excluding tert-OH is 1. The molecule has 0 bridgehead atoms. The minimum absolute atomic E-state index is 0.0616. The third kappa shape index (κ3) is 4.01. The second kappa shape index (κ2) is 8.63. The molecule has 4 aromatic rings. The first-order valence-electron chi connectivity index (χ1n) is 10.2. The zero-order chi connectivity index (χ0) is 20.3. The largest absolute Gasteiger partial charge is 0.411 e. The summed E-state index contributed by atoms with van der Waals surface area (Å²) >= 11 is 1.34. The van der Waals surface area contributed by atoms with Gasteiger partial charge in [-0.05, 0) is 36.5 Å². The van der Waals surface area contributed by atoms with Crippen molar-refractivity contribution in [1.82, 2.24) is 15.2 Å². The van der Waals surface area contributed by atoms with E-state index in [-0.39, 0.29) is 12.7 Å². The minimum Gasteiger partial charge on any atom is -0.411 e. The van der Waals surface area contributed by atoms with Crippen LogP contribution in [0.25, 0.3) is 22.4 Å². The molecule has 2 aromatic heterocycles. The Kier molecular flexibility index (Phi) is 5.57. The summed E-state index contributed by atoms with van der Waals surface area (Å²) in [7, 11) is 0. The van der Waals surface area contributed by atoms with E-state index in [9.17, 15) is 5.11 Å². The highest BCUT2D eigenvalue weighted by atomic mass is 32.2. The molecular weight excluding hydrogens is 398 g/mol. The van der Waals surface area contributed by atoms with Gasteiger partial charge in [-0.1, -0.05) is 54.2 Å². The minimum atomic E-state index is -0.604. The number of thioether (sulfide) groups is 1. The first kappa shape index (κ1) is 19.4. The van der Waals surface area contributed by atoms with Crippen LogP contribution in [-0.4, -0.2) is 38.8 Å². The number of para-hydroxylation sites is 1. The van der Waals surface area contributed by atoms with Crippen LogP contribution in [0.2, 0.25) is 0 Å². The summed E-state index contributed by atoms with van der Waals surface area (Å²) in [5.41, 5.74) is 4.51. The van der Waals surface area contributed by atoms with Crippen molar-refractivity contribution in [2.45, 2.75) is 36.7 Å². The van der Waals surface area contributed by atoms with Crippen LogP contribution in [0.3, 0.4) is 0 Å². The number of aromatic nitrogens is 3. The fourth-order valence-electron chi connectivity index (χ4n) is 3.95. The number of aliphatic hydroxyl groups is 1. The molecule has 0 unspecified atom stereocenters. The van der Waals surface area contributed by atoms with E-state index in [2.05, 4.69) is 33.4 Å². The van der Waals surface area contributed by atoms with Gasteiger partial charge in [0.25, 0.3) is 11.1 Å². The zero-order valence-corrected chi connectivity index (χ0v) is 17.3. The molecule has 30 heavy (non-hydrogen) atoms. The number of H-pyrrole nitrogens is 1. The molecule has 2 aromatic carbocycles. The Hall–Kier alpha value is -2.61.